The molecule has 0 radical (unpaired) electrons. The van der Waals surface area contributed by atoms with E-state index in [2.05, 4.69) is 4.99 Å². The van der Waals surface area contributed by atoms with Gasteiger partial charge in [-0.15, -0.1) is 0 Å². The minimum absolute atomic E-state index is 1.75. The van der Waals surface area contributed by atoms with E-state index in [9.17, 15) is 0 Å². The van der Waals surface area contributed by atoms with E-state index < -0.39 is 0 Å². The van der Waals surface area contributed by atoms with Crippen LogP contribution in [0.1, 0.15) is 0 Å². The summed E-state index contributed by atoms with van der Waals surface area (Å²) in [5.41, 5.74) is 0. The monoisotopic (exact) mass is 115 g/mol. The van der Waals surface area contributed by atoms with E-state index in [1.807, 2.05) is 31.2 Å². The van der Waals surface area contributed by atoms with Gasteiger partial charge in [-0.1, -0.05) is 0 Å². The molecule has 48 valence electrons. The highest BCUT2D eigenvalue weighted by Crippen LogP contribution is 1.77. The zero-order valence-corrected chi connectivity index (χ0v) is 5.92. The Kier molecular flexibility index (Phi) is 3.19. The van der Waals surface area contributed by atoms with Crippen LogP contribution >= 0.6 is 0 Å². The van der Waals surface area contributed by atoms with Crippen molar-refractivity contribution in [3.05, 3.63) is 0 Å². The lowest BCUT2D eigenvalue weighted by Crippen LogP contribution is -2.31. The Bertz CT molecular complexity index is 77.7. The number of aliphatic imine (C=N–C) groups is 1. The van der Waals surface area contributed by atoms with Crippen LogP contribution in [-0.2, 0) is 0 Å². The first-order valence-electron chi connectivity index (χ1n) is 2.51. The van der Waals surface area contributed by atoms with Crippen molar-refractivity contribution in [3.63, 3.8) is 0 Å². The van der Waals surface area contributed by atoms with Crippen LogP contribution in [0.25, 0.3) is 0 Å². The van der Waals surface area contributed by atoms with Gasteiger partial charge in [-0.05, 0) is 0 Å². The Morgan fingerprint density at radius 2 is 1.75 bits per heavy atom. The molecular formula is C5H13N3. The lowest BCUT2D eigenvalue weighted by atomic mass is 11.0. The SMILES string of the molecule is C/N=C\N(C)N(C)C. The molecule has 3 heteroatoms. The third-order valence-corrected chi connectivity index (χ3v) is 0.914. The Labute approximate surface area is 50.6 Å². The molecule has 0 aromatic heterocycles. The van der Waals surface area contributed by atoms with Crippen LogP contribution in [0, 0.1) is 0 Å². The molecule has 0 saturated heterocycles. The van der Waals surface area contributed by atoms with Crippen LogP contribution in [0.3, 0.4) is 0 Å². The maximum absolute atomic E-state index is 3.82. The molecule has 0 atom stereocenters. The summed E-state index contributed by atoms with van der Waals surface area (Å²) >= 11 is 0. The number of rotatable bonds is 2. The van der Waals surface area contributed by atoms with E-state index >= 15 is 0 Å². The normalized spacial score (nSPS) is 11.1. The minimum Gasteiger partial charge on any atom is -0.300 e. The van der Waals surface area contributed by atoms with E-state index in [4.69, 9.17) is 0 Å². The van der Waals surface area contributed by atoms with Crippen molar-refractivity contribution in [3.8, 4) is 0 Å². The van der Waals surface area contributed by atoms with Crippen LogP contribution < -0.4 is 0 Å². The van der Waals surface area contributed by atoms with Crippen molar-refractivity contribution < 1.29 is 0 Å². The minimum atomic E-state index is 1.75. The lowest BCUT2D eigenvalue weighted by Gasteiger charge is -2.20. The van der Waals surface area contributed by atoms with Gasteiger partial charge < -0.3 is 0 Å². The van der Waals surface area contributed by atoms with Crippen molar-refractivity contribution in [2.24, 2.45) is 4.99 Å². The van der Waals surface area contributed by atoms with E-state index in [1.54, 1.807) is 13.4 Å². The standard InChI is InChI=1S/C5H13N3/c1-6-5-8(4)7(2)3/h5H,1-4H3/b6-5-. The van der Waals surface area contributed by atoms with E-state index in [0.717, 1.165) is 0 Å². The molecule has 0 aliphatic carbocycles. The van der Waals surface area contributed by atoms with Gasteiger partial charge in [-0.3, -0.25) is 10.0 Å². The predicted molar refractivity (Wildman–Crippen MR) is 35.9 cm³/mol. The molecule has 0 aromatic rings. The summed E-state index contributed by atoms with van der Waals surface area (Å²) in [4.78, 5) is 3.82. The third kappa shape index (κ3) is 2.58. The molecule has 0 amide bonds. The van der Waals surface area contributed by atoms with E-state index in [1.165, 1.54) is 0 Å². The molecule has 3 nitrogen and oxygen atoms in total. The molecule has 0 saturated carbocycles. The van der Waals surface area contributed by atoms with Crippen LogP contribution in [0.2, 0.25) is 0 Å². The average Bonchev–Trinajstić information content (AvgIpc) is 1.67. The largest absolute Gasteiger partial charge is 0.300 e. The van der Waals surface area contributed by atoms with Crippen molar-refractivity contribution in [2.75, 3.05) is 28.2 Å². The van der Waals surface area contributed by atoms with Gasteiger partial charge in [0, 0.05) is 28.2 Å². The molecular weight excluding hydrogens is 102 g/mol. The smallest absolute Gasteiger partial charge is 0.0987 e. The quantitative estimate of drug-likeness (QED) is 0.288. The number of hydrogen-bond donors (Lipinski definition) is 0. The fourth-order valence-electron chi connectivity index (χ4n) is 0.270. The number of hydrazine groups is 1. The first kappa shape index (κ1) is 7.43. The topological polar surface area (TPSA) is 18.8 Å². The van der Waals surface area contributed by atoms with Gasteiger partial charge >= 0.3 is 0 Å². The Morgan fingerprint density at radius 3 is 1.88 bits per heavy atom. The van der Waals surface area contributed by atoms with Crippen molar-refractivity contribution in [1.82, 2.24) is 10.0 Å². The average molecular weight is 115 g/mol. The molecule has 0 spiro atoms. The zero-order chi connectivity index (χ0) is 6.57. The van der Waals surface area contributed by atoms with Crippen LogP contribution in [0.4, 0.5) is 0 Å². The number of hydrogen-bond acceptors (Lipinski definition) is 2. The second-order valence-electron chi connectivity index (χ2n) is 1.79. The molecule has 0 bridgehead atoms. The molecule has 0 rings (SSSR count). The molecule has 0 aliphatic rings. The Morgan fingerprint density at radius 1 is 1.25 bits per heavy atom. The summed E-state index contributed by atoms with van der Waals surface area (Å²) in [7, 11) is 7.61. The maximum Gasteiger partial charge on any atom is 0.0987 e. The third-order valence-electron chi connectivity index (χ3n) is 0.914. The molecule has 0 N–H and O–H groups in total. The van der Waals surface area contributed by atoms with Crippen molar-refractivity contribution in [1.29, 1.82) is 0 Å². The molecule has 0 aromatic carbocycles. The highest BCUT2D eigenvalue weighted by atomic mass is 15.6. The van der Waals surface area contributed by atoms with Crippen LogP contribution in [0.5, 0.6) is 0 Å². The number of nitrogens with zero attached hydrogens (tertiary/aromatic N) is 3. The fraction of sp³-hybridized carbons (Fsp3) is 0.800. The second-order valence-corrected chi connectivity index (χ2v) is 1.79. The maximum atomic E-state index is 3.82. The van der Waals surface area contributed by atoms with Crippen LogP contribution in [0.15, 0.2) is 4.99 Å². The van der Waals surface area contributed by atoms with Crippen molar-refractivity contribution >= 4 is 6.34 Å². The first-order valence-corrected chi connectivity index (χ1v) is 2.51. The summed E-state index contributed by atoms with van der Waals surface area (Å²) in [6, 6.07) is 0. The van der Waals surface area contributed by atoms with Gasteiger partial charge in [0.25, 0.3) is 0 Å². The fourth-order valence-corrected chi connectivity index (χ4v) is 0.270. The molecule has 0 fully saturated rings. The summed E-state index contributed by atoms with van der Waals surface area (Å²) < 4.78 is 0. The van der Waals surface area contributed by atoms with Gasteiger partial charge in [-0.25, -0.2) is 5.01 Å². The van der Waals surface area contributed by atoms with Gasteiger partial charge in [0.15, 0.2) is 0 Å². The second kappa shape index (κ2) is 3.43. The summed E-state index contributed by atoms with van der Waals surface area (Å²) in [6.07, 6.45) is 1.75. The summed E-state index contributed by atoms with van der Waals surface area (Å²) in [5.74, 6) is 0. The molecule has 0 aliphatic heterocycles. The summed E-state index contributed by atoms with van der Waals surface area (Å²) in [6.45, 7) is 0. The van der Waals surface area contributed by atoms with Crippen molar-refractivity contribution in [2.45, 2.75) is 0 Å². The predicted octanol–water partition coefficient (Wildman–Crippen LogP) is 0.0529. The molecule has 0 unspecified atom stereocenters. The highest BCUT2D eigenvalue weighted by molar-refractivity contribution is 5.53. The Hall–Kier alpha value is -0.570. The molecule has 0 heterocycles. The van der Waals surface area contributed by atoms with Gasteiger partial charge in [-0.2, -0.15) is 0 Å². The van der Waals surface area contributed by atoms with Gasteiger partial charge in [0.05, 0.1) is 6.34 Å². The lowest BCUT2D eigenvalue weighted by molar-refractivity contribution is 0.151. The summed E-state index contributed by atoms with van der Waals surface area (Å²) in [5, 5.41) is 3.83. The first-order chi connectivity index (χ1) is 3.68. The Balaban J connectivity index is 3.47. The van der Waals surface area contributed by atoms with E-state index in [0.29, 0.717) is 0 Å². The van der Waals surface area contributed by atoms with Gasteiger partial charge in [0.2, 0.25) is 0 Å². The van der Waals surface area contributed by atoms with Crippen LogP contribution in [-0.4, -0.2) is 44.5 Å². The van der Waals surface area contributed by atoms with E-state index in [-0.39, 0.29) is 0 Å². The molecule has 8 heavy (non-hydrogen) atoms. The highest BCUT2D eigenvalue weighted by Gasteiger charge is 1.88. The zero-order valence-electron chi connectivity index (χ0n) is 5.92. The van der Waals surface area contributed by atoms with Gasteiger partial charge in [0.1, 0.15) is 0 Å².